The lowest BCUT2D eigenvalue weighted by atomic mass is 9.92. The Morgan fingerprint density at radius 3 is 2.81 bits per heavy atom. The fourth-order valence-corrected chi connectivity index (χ4v) is 3.01. The van der Waals surface area contributed by atoms with Crippen molar-refractivity contribution in [1.29, 1.82) is 5.41 Å². The summed E-state index contributed by atoms with van der Waals surface area (Å²) in [6.07, 6.45) is 1.53. The quantitative estimate of drug-likeness (QED) is 0.343. The number of hydrogen-bond donors (Lipinski definition) is 3. The Labute approximate surface area is 183 Å². The van der Waals surface area contributed by atoms with Crippen molar-refractivity contribution >= 4 is 17.5 Å². The summed E-state index contributed by atoms with van der Waals surface area (Å²) in [6, 6.07) is 5.12. The maximum absolute atomic E-state index is 14.6. The van der Waals surface area contributed by atoms with Crippen LogP contribution in [0.15, 0.2) is 35.5 Å². The van der Waals surface area contributed by atoms with Gasteiger partial charge in [0.25, 0.3) is 11.9 Å². The van der Waals surface area contributed by atoms with Gasteiger partial charge in [0.15, 0.2) is 12.4 Å². The van der Waals surface area contributed by atoms with Crippen LogP contribution >= 0.6 is 0 Å². The van der Waals surface area contributed by atoms with Crippen LogP contribution in [0.2, 0.25) is 0 Å². The van der Waals surface area contributed by atoms with Gasteiger partial charge >= 0.3 is 0 Å². The first kappa shape index (κ1) is 22.9. The maximum atomic E-state index is 14.6. The minimum absolute atomic E-state index is 0.166. The molecule has 0 saturated heterocycles. The summed E-state index contributed by atoms with van der Waals surface area (Å²) >= 11 is 0. The summed E-state index contributed by atoms with van der Waals surface area (Å²) in [5, 5.41) is 9.99. The molecule has 2 aromatic rings. The third kappa shape index (κ3) is 5.29. The first-order valence-electron chi connectivity index (χ1n) is 9.68. The number of fused-ring (bicyclic) bond motifs is 1. The van der Waals surface area contributed by atoms with Gasteiger partial charge in [-0.05, 0) is 36.8 Å². The van der Waals surface area contributed by atoms with Crippen LogP contribution in [0, 0.1) is 23.1 Å². The van der Waals surface area contributed by atoms with E-state index in [1.165, 1.54) is 25.3 Å². The molecule has 0 fully saturated rings. The minimum atomic E-state index is -3.44. The van der Waals surface area contributed by atoms with Gasteiger partial charge in [0.1, 0.15) is 23.9 Å². The van der Waals surface area contributed by atoms with Crippen molar-refractivity contribution in [3.8, 4) is 17.6 Å². The van der Waals surface area contributed by atoms with Gasteiger partial charge in [0, 0.05) is 11.3 Å². The maximum Gasteiger partial charge on any atom is 0.288 e. The van der Waals surface area contributed by atoms with Crippen molar-refractivity contribution in [1.82, 2.24) is 4.98 Å². The monoisotopic (exact) mass is 445 g/mol. The van der Waals surface area contributed by atoms with Crippen molar-refractivity contribution in [2.75, 3.05) is 18.5 Å². The number of amidine groups is 2. The zero-order valence-corrected chi connectivity index (χ0v) is 17.5. The smallest absolute Gasteiger partial charge is 0.288 e. The van der Waals surface area contributed by atoms with Gasteiger partial charge < -0.3 is 20.5 Å². The molecule has 1 aliphatic rings. The van der Waals surface area contributed by atoms with Crippen molar-refractivity contribution in [2.45, 2.75) is 32.2 Å². The van der Waals surface area contributed by atoms with Crippen LogP contribution in [0.25, 0.3) is 0 Å². The largest absolute Gasteiger partial charge is 0.479 e. The highest BCUT2D eigenvalue weighted by Crippen LogP contribution is 2.37. The molecule has 0 radical (unpaired) electrons. The molecule has 168 valence electrons. The van der Waals surface area contributed by atoms with Crippen LogP contribution in [-0.4, -0.2) is 36.0 Å². The molecule has 1 atom stereocenters. The molecule has 2 heterocycles. The average Bonchev–Trinajstić information content (AvgIpc) is 2.77. The molecule has 7 nitrogen and oxygen atoms in total. The number of anilines is 1. The van der Waals surface area contributed by atoms with Gasteiger partial charge in [-0.3, -0.25) is 10.4 Å². The number of pyridine rings is 1. The number of halogens is 3. The van der Waals surface area contributed by atoms with Gasteiger partial charge in [0.05, 0.1) is 18.7 Å². The number of nitrogens with one attached hydrogen (secondary N) is 2. The fourth-order valence-electron chi connectivity index (χ4n) is 3.01. The zero-order valence-electron chi connectivity index (χ0n) is 17.5. The van der Waals surface area contributed by atoms with E-state index in [0.29, 0.717) is 28.5 Å². The minimum Gasteiger partial charge on any atom is -0.479 e. The number of aliphatic imine (C=N–C) groups is 1. The predicted octanol–water partition coefficient (Wildman–Crippen LogP) is 3.64. The zero-order chi connectivity index (χ0) is 23.3. The molecule has 3 rings (SSSR count). The second-order valence-electron chi connectivity index (χ2n) is 7.05. The molecule has 1 aliphatic heterocycles. The Hall–Kier alpha value is -3.74. The van der Waals surface area contributed by atoms with Crippen molar-refractivity contribution < 1.29 is 22.6 Å². The van der Waals surface area contributed by atoms with Crippen LogP contribution in [-0.2, 0) is 11.3 Å². The molecule has 1 aromatic heterocycles. The number of aromatic nitrogens is 1. The molecular weight excluding hydrogens is 423 g/mol. The number of hydrogen-bond acceptors (Lipinski definition) is 6. The summed E-state index contributed by atoms with van der Waals surface area (Å²) in [6.45, 7) is 2.20. The number of nitrogens with zero attached hydrogens (tertiary/aromatic N) is 2. The Morgan fingerprint density at radius 1 is 1.38 bits per heavy atom. The molecule has 0 bridgehead atoms. The van der Waals surface area contributed by atoms with Gasteiger partial charge in [-0.15, -0.1) is 5.92 Å². The van der Waals surface area contributed by atoms with Crippen LogP contribution in [0.1, 0.15) is 36.6 Å². The number of alkyl halides is 2. The van der Waals surface area contributed by atoms with E-state index in [4.69, 9.17) is 15.9 Å². The molecule has 32 heavy (non-hydrogen) atoms. The van der Waals surface area contributed by atoms with Crippen LogP contribution in [0.3, 0.4) is 0 Å². The second kappa shape index (κ2) is 9.60. The van der Waals surface area contributed by atoms with Gasteiger partial charge in [-0.25, -0.2) is 18.2 Å². The highest BCUT2D eigenvalue weighted by Gasteiger charge is 2.40. The lowest BCUT2D eigenvalue weighted by Gasteiger charge is -2.26. The SMILES string of the molecule is CC#CCOc1ccc(C2=NCc3cc(F)c([C@H](C)C(F)(F)COC(=N)N)cc3N2)nc1. The van der Waals surface area contributed by atoms with Crippen LogP contribution in [0.5, 0.6) is 5.75 Å². The van der Waals surface area contributed by atoms with E-state index < -0.39 is 30.3 Å². The Balaban J connectivity index is 1.78. The highest BCUT2D eigenvalue weighted by atomic mass is 19.3. The van der Waals surface area contributed by atoms with Crippen LogP contribution in [0.4, 0.5) is 18.9 Å². The molecule has 10 heteroatoms. The van der Waals surface area contributed by atoms with E-state index in [1.807, 2.05) is 0 Å². The molecule has 0 unspecified atom stereocenters. The number of nitrogens with two attached hydrogens (primary N) is 1. The third-order valence-corrected chi connectivity index (χ3v) is 4.87. The van der Waals surface area contributed by atoms with Crippen molar-refractivity contribution in [3.05, 3.63) is 53.1 Å². The summed E-state index contributed by atoms with van der Waals surface area (Å²) in [4.78, 5) is 8.67. The second-order valence-corrected chi connectivity index (χ2v) is 7.05. The molecule has 0 saturated carbocycles. The van der Waals surface area contributed by atoms with E-state index in [2.05, 4.69) is 31.9 Å². The Morgan fingerprint density at radius 2 is 2.16 bits per heavy atom. The average molecular weight is 445 g/mol. The van der Waals surface area contributed by atoms with E-state index in [-0.39, 0.29) is 18.7 Å². The fraction of sp³-hybridized carbons (Fsp3) is 0.318. The van der Waals surface area contributed by atoms with E-state index in [0.717, 1.165) is 0 Å². The van der Waals surface area contributed by atoms with Crippen molar-refractivity contribution in [2.24, 2.45) is 10.7 Å². The Kier molecular flexibility index (Phi) is 6.88. The van der Waals surface area contributed by atoms with Gasteiger partial charge in [-0.2, -0.15) is 0 Å². The lowest BCUT2D eigenvalue weighted by Crippen LogP contribution is -2.33. The van der Waals surface area contributed by atoms with Crippen molar-refractivity contribution in [3.63, 3.8) is 0 Å². The predicted molar refractivity (Wildman–Crippen MR) is 115 cm³/mol. The Bertz CT molecular complexity index is 1090. The number of ether oxygens (including phenoxy) is 2. The molecule has 0 aliphatic carbocycles. The first-order chi connectivity index (χ1) is 15.2. The number of benzene rings is 1. The van der Waals surface area contributed by atoms with E-state index in [1.54, 1.807) is 19.1 Å². The normalized spacial score (nSPS) is 13.6. The standard InChI is InChI=1S/C22H22F3N5O2/c1-3-4-7-31-15-5-6-18(28-11-15)20-29-10-14-8-17(23)16(9-19(14)30-20)13(2)22(24,25)12-32-21(26)27/h5-6,8-9,11,13H,7,10,12H2,1-2H3,(H3,26,27)(H,29,30)/t13-/m0/s1. The topological polar surface area (TPSA) is 106 Å². The van der Waals surface area contributed by atoms with Gasteiger partial charge in [0.2, 0.25) is 0 Å². The molecule has 0 amide bonds. The van der Waals surface area contributed by atoms with Gasteiger partial charge in [-0.1, -0.05) is 12.8 Å². The summed E-state index contributed by atoms with van der Waals surface area (Å²) in [5.74, 6) is 0.755. The first-order valence-corrected chi connectivity index (χ1v) is 9.68. The molecule has 0 spiro atoms. The van der Waals surface area contributed by atoms with Crippen LogP contribution < -0.4 is 15.8 Å². The highest BCUT2D eigenvalue weighted by molar-refractivity contribution is 6.08. The van der Waals surface area contributed by atoms with E-state index in [9.17, 15) is 13.2 Å². The summed E-state index contributed by atoms with van der Waals surface area (Å²) < 4.78 is 53.4. The molecular formula is C22H22F3N5O2. The molecule has 4 N–H and O–H groups in total. The lowest BCUT2D eigenvalue weighted by molar-refractivity contribution is -0.0649. The summed E-state index contributed by atoms with van der Waals surface area (Å²) in [7, 11) is 0. The molecule has 1 aromatic carbocycles. The number of rotatable bonds is 7. The van der Waals surface area contributed by atoms with E-state index >= 15 is 0 Å². The summed E-state index contributed by atoms with van der Waals surface area (Å²) in [5.41, 5.74) is 6.30. The third-order valence-electron chi connectivity index (χ3n) is 4.87.